The van der Waals surface area contributed by atoms with Gasteiger partial charge in [0.05, 0.1) is 4.91 Å². The first-order valence-electron chi connectivity index (χ1n) is 9.68. The van der Waals surface area contributed by atoms with Crippen LogP contribution < -0.4 is 10.3 Å². The number of unbranched alkanes of at least 4 members (excludes halogenated alkanes) is 1. The number of carbonyl (C=O) groups is 1. The van der Waals surface area contributed by atoms with Crippen molar-refractivity contribution < 1.29 is 9.53 Å². The summed E-state index contributed by atoms with van der Waals surface area (Å²) in [7, 11) is 0. The quantitative estimate of drug-likeness (QED) is 0.366. The Kier molecular flexibility index (Phi) is 6.41. The van der Waals surface area contributed by atoms with Crippen LogP contribution in [0.4, 0.5) is 0 Å². The lowest BCUT2D eigenvalue weighted by Crippen LogP contribution is -2.29. The Hall–Kier alpha value is -2.68. The number of nitrogens with zero attached hydrogens (tertiary/aromatic N) is 3. The summed E-state index contributed by atoms with van der Waals surface area (Å²) in [5.74, 6) is 0.373. The normalized spacial score (nSPS) is 15.3. The molecule has 31 heavy (non-hydrogen) atoms. The molecule has 4 rings (SSSR count). The van der Waals surface area contributed by atoms with E-state index < -0.39 is 0 Å². The molecule has 0 aliphatic carbocycles. The molecule has 0 bridgehead atoms. The Balaban J connectivity index is 1.80. The van der Waals surface area contributed by atoms with Crippen molar-refractivity contribution >= 4 is 57.5 Å². The minimum Gasteiger partial charge on any atom is -0.438 e. The predicted octanol–water partition coefficient (Wildman–Crippen LogP) is 5.14. The van der Waals surface area contributed by atoms with Crippen molar-refractivity contribution in [1.82, 2.24) is 14.3 Å². The molecule has 3 heterocycles. The maximum absolute atomic E-state index is 13.2. The van der Waals surface area contributed by atoms with Crippen LogP contribution in [0.15, 0.2) is 58.4 Å². The Morgan fingerprint density at radius 3 is 2.71 bits per heavy atom. The molecular formula is C22H18ClN3O3S2. The fraction of sp³-hybridized carbons (Fsp3) is 0.182. The van der Waals surface area contributed by atoms with Crippen molar-refractivity contribution in [3.8, 4) is 11.6 Å². The van der Waals surface area contributed by atoms with Gasteiger partial charge in [0.25, 0.3) is 11.5 Å². The zero-order chi connectivity index (χ0) is 22.0. The number of thiocarbonyl (C=S) groups is 1. The van der Waals surface area contributed by atoms with Gasteiger partial charge in [0.1, 0.15) is 21.3 Å². The highest BCUT2D eigenvalue weighted by molar-refractivity contribution is 8.26. The molecule has 1 aliphatic rings. The van der Waals surface area contributed by atoms with E-state index in [2.05, 4.69) is 11.9 Å². The van der Waals surface area contributed by atoms with Crippen molar-refractivity contribution in [2.24, 2.45) is 0 Å². The van der Waals surface area contributed by atoms with Crippen molar-refractivity contribution in [2.45, 2.75) is 19.8 Å². The SMILES string of the molecule is CCCCN1C(=O)/C(=C/c2c(Oc3ccc(Cl)cc3)nc3ccccn3c2=O)SC1=S. The molecule has 3 aromatic rings. The molecule has 0 radical (unpaired) electrons. The maximum atomic E-state index is 13.2. The lowest BCUT2D eigenvalue weighted by Gasteiger charge is -2.13. The number of carbonyl (C=O) groups excluding carboxylic acids is 1. The minimum atomic E-state index is -0.339. The molecular weight excluding hydrogens is 454 g/mol. The lowest BCUT2D eigenvalue weighted by atomic mass is 10.2. The van der Waals surface area contributed by atoms with Gasteiger partial charge in [0, 0.05) is 17.8 Å². The van der Waals surface area contributed by atoms with Crippen molar-refractivity contribution in [1.29, 1.82) is 0 Å². The fourth-order valence-electron chi connectivity index (χ4n) is 3.04. The average molecular weight is 472 g/mol. The number of ether oxygens (including phenoxy) is 1. The Morgan fingerprint density at radius 2 is 1.97 bits per heavy atom. The second kappa shape index (κ2) is 9.21. The lowest BCUT2D eigenvalue weighted by molar-refractivity contribution is -0.122. The molecule has 0 atom stereocenters. The first-order chi connectivity index (χ1) is 15.0. The van der Waals surface area contributed by atoms with Crippen LogP contribution in [0.5, 0.6) is 11.6 Å². The van der Waals surface area contributed by atoms with Gasteiger partial charge >= 0.3 is 0 Å². The summed E-state index contributed by atoms with van der Waals surface area (Å²) in [5.41, 5.74) is 0.270. The minimum absolute atomic E-state index is 0.109. The van der Waals surface area contributed by atoms with Crippen molar-refractivity contribution in [3.63, 3.8) is 0 Å². The van der Waals surface area contributed by atoms with Crippen LogP contribution in [0.2, 0.25) is 5.02 Å². The summed E-state index contributed by atoms with van der Waals surface area (Å²) in [5, 5.41) is 0.565. The van der Waals surface area contributed by atoms with E-state index in [-0.39, 0.29) is 22.9 Å². The van der Waals surface area contributed by atoms with Gasteiger partial charge in [-0.05, 0) is 48.9 Å². The van der Waals surface area contributed by atoms with Crippen LogP contribution in [0, 0.1) is 0 Å². The van der Waals surface area contributed by atoms with E-state index in [9.17, 15) is 9.59 Å². The molecule has 1 aromatic carbocycles. The molecule has 0 saturated carbocycles. The molecule has 0 spiro atoms. The molecule has 1 aliphatic heterocycles. The van der Waals surface area contributed by atoms with Crippen LogP contribution in [0.3, 0.4) is 0 Å². The van der Waals surface area contributed by atoms with Crippen LogP contribution in [0.25, 0.3) is 11.7 Å². The second-order valence-electron chi connectivity index (χ2n) is 6.81. The van der Waals surface area contributed by atoms with E-state index in [0.717, 1.165) is 12.8 Å². The number of thioether (sulfide) groups is 1. The predicted molar refractivity (Wildman–Crippen MR) is 128 cm³/mol. The summed E-state index contributed by atoms with van der Waals surface area (Å²) in [6, 6.07) is 12.0. The third-order valence-electron chi connectivity index (χ3n) is 4.65. The molecule has 0 unspecified atom stereocenters. The number of amides is 1. The van der Waals surface area contributed by atoms with Crippen molar-refractivity contribution in [3.05, 3.63) is 74.5 Å². The highest BCUT2D eigenvalue weighted by Gasteiger charge is 2.32. The number of fused-ring (bicyclic) bond motifs is 1. The van der Waals surface area contributed by atoms with E-state index >= 15 is 0 Å². The monoisotopic (exact) mass is 471 g/mol. The summed E-state index contributed by atoms with van der Waals surface area (Å²) in [4.78, 5) is 32.6. The number of hydrogen-bond donors (Lipinski definition) is 0. The largest absolute Gasteiger partial charge is 0.438 e. The van der Waals surface area contributed by atoms with Gasteiger partial charge in [-0.2, -0.15) is 4.98 Å². The fourth-order valence-corrected chi connectivity index (χ4v) is 4.45. The highest BCUT2D eigenvalue weighted by Crippen LogP contribution is 2.34. The first-order valence-corrected chi connectivity index (χ1v) is 11.3. The van der Waals surface area contributed by atoms with E-state index in [1.54, 1.807) is 53.6 Å². The smallest absolute Gasteiger partial charge is 0.269 e. The molecule has 1 amide bonds. The molecule has 158 valence electrons. The van der Waals surface area contributed by atoms with Crippen LogP contribution >= 0.6 is 35.6 Å². The van der Waals surface area contributed by atoms with Gasteiger partial charge in [-0.15, -0.1) is 0 Å². The van der Waals surface area contributed by atoms with Crippen LogP contribution in [-0.2, 0) is 4.79 Å². The van der Waals surface area contributed by atoms with Gasteiger partial charge in [-0.3, -0.25) is 18.9 Å². The van der Waals surface area contributed by atoms with Gasteiger partial charge in [-0.25, -0.2) is 0 Å². The number of aromatic nitrogens is 2. The Bertz CT molecular complexity index is 1260. The van der Waals surface area contributed by atoms with E-state index in [0.29, 0.717) is 32.2 Å². The number of halogens is 1. The summed E-state index contributed by atoms with van der Waals surface area (Å²) in [6.45, 7) is 2.61. The van der Waals surface area contributed by atoms with E-state index in [4.69, 9.17) is 28.6 Å². The average Bonchev–Trinajstić information content (AvgIpc) is 3.03. The Labute approximate surface area is 193 Å². The van der Waals surface area contributed by atoms with Gasteiger partial charge < -0.3 is 4.74 Å². The van der Waals surface area contributed by atoms with Gasteiger partial charge in [0.2, 0.25) is 5.88 Å². The summed E-state index contributed by atoms with van der Waals surface area (Å²) < 4.78 is 7.82. The Morgan fingerprint density at radius 1 is 1.19 bits per heavy atom. The highest BCUT2D eigenvalue weighted by atomic mass is 35.5. The van der Waals surface area contributed by atoms with Crippen LogP contribution in [-0.4, -0.2) is 31.1 Å². The number of rotatable bonds is 6. The molecule has 6 nitrogen and oxygen atoms in total. The first kappa shape index (κ1) is 21.5. The maximum Gasteiger partial charge on any atom is 0.269 e. The number of hydrogen-bond acceptors (Lipinski definition) is 6. The summed E-state index contributed by atoms with van der Waals surface area (Å²) >= 11 is 12.5. The summed E-state index contributed by atoms with van der Waals surface area (Å²) in [6.07, 6.45) is 4.95. The molecule has 9 heteroatoms. The van der Waals surface area contributed by atoms with E-state index in [1.807, 2.05) is 0 Å². The second-order valence-corrected chi connectivity index (χ2v) is 8.92. The van der Waals surface area contributed by atoms with Gasteiger partial charge in [0.15, 0.2) is 0 Å². The molecule has 1 fully saturated rings. The zero-order valence-electron chi connectivity index (χ0n) is 16.6. The topological polar surface area (TPSA) is 63.9 Å². The third kappa shape index (κ3) is 4.51. The zero-order valence-corrected chi connectivity index (χ0v) is 19.0. The number of benzene rings is 1. The van der Waals surface area contributed by atoms with Crippen molar-refractivity contribution in [2.75, 3.05) is 6.54 Å². The van der Waals surface area contributed by atoms with E-state index in [1.165, 1.54) is 22.2 Å². The molecule has 2 aromatic heterocycles. The van der Waals surface area contributed by atoms with Crippen LogP contribution in [0.1, 0.15) is 25.3 Å². The third-order valence-corrected chi connectivity index (χ3v) is 6.28. The molecule has 0 N–H and O–H groups in total. The van der Waals surface area contributed by atoms with Gasteiger partial charge in [-0.1, -0.05) is 55.0 Å². The number of pyridine rings is 1. The molecule has 1 saturated heterocycles. The standard InChI is InChI=1S/C22H18ClN3O3S2/c1-2-3-11-26-21(28)17(31-22(26)30)13-16-19(29-15-9-7-14(23)8-10-15)24-18-6-4-5-12-25(18)20(16)27/h4-10,12-13H,2-3,11H2,1H3/b17-13-.